The number of benzene rings is 1. The van der Waals surface area contributed by atoms with Crippen LogP contribution in [0.5, 0.6) is 0 Å². The minimum absolute atomic E-state index is 0.0343. The third-order valence-electron chi connectivity index (χ3n) is 2.97. The summed E-state index contributed by atoms with van der Waals surface area (Å²) in [5, 5.41) is 12.6. The molecule has 1 unspecified atom stereocenters. The number of carbonyl (C=O) groups excluding carboxylic acids is 2. The molecule has 1 amide bonds. The number of nitrogens with two attached hydrogens (primary N) is 1. The SMILES string of the molecule is CCCCC(O)(NC(=O)CN)C(=O)OCc1ccccc1. The molecule has 6 heteroatoms. The van der Waals surface area contributed by atoms with E-state index in [1.54, 1.807) is 12.1 Å². The minimum atomic E-state index is -2.03. The molecule has 0 fully saturated rings. The molecule has 1 rings (SSSR count). The van der Waals surface area contributed by atoms with Crippen LogP contribution in [0, 0.1) is 0 Å². The zero-order valence-corrected chi connectivity index (χ0v) is 12.2. The lowest BCUT2D eigenvalue weighted by Crippen LogP contribution is -2.56. The number of hydrogen-bond donors (Lipinski definition) is 3. The third kappa shape index (κ3) is 5.53. The lowest BCUT2D eigenvalue weighted by Gasteiger charge is -2.26. The van der Waals surface area contributed by atoms with Crippen molar-refractivity contribution in [3.8, 4) is 0 Å². The van der Waals surface area contributed by atoms with Crippen molar-refractivity contribution < 1.29 is 19.4 Å². The van der Waals surface area contributed by atoms with E-state index in [1.165, 1.54) is 0 Å². The first-order valence-corrected chi connectivity index (χ1v) is 6.96. The maximum absolute atomic E-state index is 12.1. The van der Waals surface area contributed by atoms with Gasteiger partial charge in [-0.15, -0.1) is 0 Å². The molecule has 1 aromatic carbocycles. The van der Waals surface area contributed by atoms with Crippen LogP contribution in [0.3, 0.4) is 0 Å². The standard InChI is InChI=1S/C15H22N2O4/c1-2-3-9-15(20,17-13(18)10-16)14(19)21-11-12-7-5-4-6-8-12/h4-8,20H,2-3,9-11,16H2,1H3,(H,17,18). The maximum atomic E-state index is 12.1. The van der Waals surface area contributed by atoms with Gasteiger partial charge in [0.1, 0.15) is 6.61 Å². The van der Waals surface area contributed by atoms with E-state index in [0.29, 0.717) is 6.42 Å². The van der Waals surface area contributed by atoms with Crippen molar-refractivity contribution in [1.29, 1.82) is 0 Å². The van der Waals surface area contributed by atoms with Crippen molar-refractivity contribution in [1.82, 2.24) is 5.32 Å². The molecule has 0 heterocycles. The van der Waals surface area contributed by atoms with Crippen LogP contribution >= 0.6 is 0 Å². The summed E-state index contributed by atoms with van der Waals surface area (Å²) >= 11 is 0. The summed E-state index contributed by atoms with van der Waals surface area (Å²) in [7, 11) is 0. The Kier molecular flexibility index (Phi) is 6.84. The topological polar surface area (TPSA) is 102 Å². The summed E-state index contributed by atoms with van der Waals surface area (Å²) in [6, 6.07) is 9.10. The van der Waals surface area contributed by atoms with Crippen LogP contribution in [-0.4, -0.2) is 29.3 Å². The molecule has 116 valence electrons. The molecule has 1 atom stereocenters. The van der Waals surface area contributed by atoms with Crippen LogP contribution in [0.25, 0.3) is 0 Å². The van der Waals surface area contributed by atoms with Crippen LogP contribution in [0.2, 0.25) is 0 Å². The van der Waals surface area contributed by atoms with E-state index < -0.39 is 17.6 Å². The molecule has 4 N–H and O–H groups in total. The Morgan fingerprint density at radius 3 is 2.57 bits per heavy atom. The van der Waals surface area contributed by atoms with Gasteiger partial charge in [0.25, 0.3) is 0 Å². The van der Waals surface area contributed by atoms with Gasteiger partial charge in [-0.2, -0.15) is 0 Å². The molecule has 0 aromatic heterocycles. The van der Waals surface area contributed by atoms with Crippen molar-refractivity contribution >= 4 is 11.9 Å². The zero-order valence-electron chi connectivity index (χ0n) is 12.2. The Bertz CT molecular complexity index is 464. The average molecular weight is 294 g/mol. The van der Waals surface area contributed by atoms with Gasteiger partial charge in [0.2, 0.25) is 11.6 Å². The van der Waals surface area contributed by atoms with E-state index in [0.717, 1.165) is 12.0 Å². The summed E-state index contributed by atoms with van der Waals surface area (Å²) < 4.78 is 5.09. The van der Waals surface area contributed by atoms with Gasteiger partial charge >= 0.3 is 5.97 Å². The second-order valence-corrected chi connectivity index (χ2v) is 4.78. The molecule has 0 saturated heterocycles. The van der Waals surface area contributed by atoms with Gasteiger partial charge in [0.05, 0.1) is 6.54 Å². The molecular formula is C15H22N2O4. The predicted molar refractivity (Wildman–Crippen MR) is 77.9 cm³/mol. The molecule has 21 heavy (non-hydrogen) atoms. The van der Waals surface area contributed by atoms with Gasteiger partial charge in [-0.25, -0.2) is 4.79 Å². The van der Waals surface area contributed by atoms with Crippen molar-refractivity contribution in [2.75, 3.05) is 6.54 Å². The Labute approximate surface area is 124 Å². The van der Waals surface area contributed by atoms with E-state index >= 15 is 0 Å². The highest BCUT2D eigenvalue weighted by Gasteiger charge is 2.38. The maximum Gasteiger partial charge on any atom is 0.359 e. The van der Waals surface area contributed by atoms with Crippen molar-refractivity contribution in [3.05, 3.63) is 35.9 Å². The summed E-state index contributed by atoms with van der Waals surface area (Å²) in [5.74, 6) is -1.48. The van der Waals surface area contributed by atoms with E-state index in [4.69, 9.17) is 10.5 Å². The van der Waals surface area contributed by atoms with Gasteiger partial charge in [-0.1, -0.05) is 43.7 Å². The number of amides is 1. The lowest BCUT2D eigenvalue weighted by atomic mass is 10.1. The number of ether oxygens (including phenoxy) is 1. The molecule has 0 aliphatic carbocycles. The second kappa shape index (κ2) is 8.39. The first-order chi connectivity index (χ1) is 10.0. The molecule has 0 aliphatic rings. The molecule has 6 nitrogen and oxygen atoms in total. The number of aliphatic hydroxyl groups is 1. The Morgan fingerprint density at radius 1 is 1.33 bits per heavy atom. The number of unbranched alkanes of at least 4 members (excludes halogenated alkanes) is 1. The van der Waals surface area contributed by atoms with Crippen LogP contribution in [0.1, 0.15) is 31.7 Å². The summed E-state index contributed by atoms with van der Waals surface area (Å²) in [6.07, 6.45) is 1.43. The van der Waals surface area contributed by atoms with E-state index in [1.807, 2.05) is 25.1 Å². The largest absolute Gasteiger partial charge is 0.457 e. The monoisotopic (exact) mass is 294 g/mol. The number of hydrogen-bond acceptors (Lipinski definition) is 5. The van der Waals surface area contributed by atoms with E-state index in [2.05, 4.69) is 5.32 Å². The fraction of sp³-hybridized carbons (Fsp3) is 0.467. The fourth-order valence-electron chi connectivity index (χ4n) is 1.77. The average Bonchev–Trinajstić information content (AvgIpc) is 2.51. The Morgan fingerprint density at radius 2 is 2.00 bits per heavy atom. The van der Waals surface area contributed by atoms with E-state index in [9.17, 15) is 14.7 Å². The summed E-state index contributed by atoms with van der Waals surface area (Å²) in [4.78, 5) is 23.4. The van der Waals surface area contributed by atoms with Crippen LogP contribution in [0.4, 0.5) is 0 Å². The summed E-state index contributed by atoms with van der Waals surface area (Å²) in [5.41, 5.74) is 3.97. The molecule has 0 saturated carbocycles. The van der Waals surface area contributed by atoms with Gasteiger partial charge in [-0.05, 0) is 12.0 Å². The summed E-state index contributed by atoms with van der Waals surface area (Å²) in [6.45, 7) is 1.65. The predicted octanol–water partition coefficient (Wildman–Crippen LogP) is 0.684. The van der Waals surface area contributed by atoms with Crippen molar-refractivity contribution in [2.45, 2.75) is 38.5 Å². The number of carbonyl (C=O) groups is 2. The number of esters is 1. The molecule has 0 bridgehead atoms. The smallest absolute Gasteiger partial charge is 0.359 e. The fourth-order valence-corrected chi connectivity index (χ4v) is 1.77. The van der Waals surface area contributed by atoms with Crippen molar-refractivity contribution in [3.63, 3.8) is 0 Å². The lowest BCUT2D eigenvalue weighted by molar-refractivity contribution is -0.174. The highest BCUT2D eigenvalue weighted by atomic mass is 16.6. The molecular weight excluding hydrogens is 272 g/mol. The van der Waals surface area contributed by atoms with Crippen LogP contribution in [0.15, 0.2) is 30.3 Å². The van der Waals surface area contributed by atoms with Gasteiger partial charge < -0.3 is 20.9 Å². The Hall–Kier alpha value is -1.92. The minimum Gasteiger partial charge on any atom is -0.457 e. The molecule has 0 spiro atoms. The van der Waals surface area contributed by atoms with Crippen LogP contribution < -0.4 is 11.1 Å². The van der Waals surface area contributed by atoms with Gasteiger partial charge in [-0.3, -0.25) is 4.79 Å². The van der Waals surface area contributed by atoms with Crippen LogP contribution in [-0.2, 0) is 20.9 Å². The first kappa shape index (κ1) is 17.1. The molecule has 0 aliphatic heterocycles. The highest BCUT2D eigenvalue weighted by Crippen LogP contribution is 2.15. The second-order valence-electron chi connectivity index (χ2n) is 4.78. The number of rotatable bonds is 8. The van der Waals surface area contributed by atoms with E-state index in [-0.39, 0.29) is 19.6 Å². The molecule has 0 radical (unpaired) electrons. The quantitative estimate of drug-likeness (QED) is 0.483. The third-order valence-corrected chi connectivity index (χ3v) is 2.97. The normalized spacial score (nSPS) is 13.3. The molecule has 1 aromatic rings. The highest BCUT2D eigenvalue weighted by molar-refractivity contribution is 5.87. The number of nitrogens with one attached hydrogen (secondary N) is 1. The Balaban J connectivity index is 2.68. The zero-order chi connectivity index (χ0) is 15.7. The van der Waals surface area contributed by atoms with Gasteiger partial charge in [0.15, 0.2) is 0 Å². The van der Waals surface area contributed by atoms with Crippen molar-refractivity contribution in [2.24, 2.45) is 5.73 Å². The van der Waals surface area contributed by atoms with Gasteiger partial charge in [0, 0.05) is 6.42 Å². The first-order valence-electron chi connectivity index (χ1n) is 6.96.